The Morgan fingerprint density at radius 3 is 2.85 bits per heavy atom. The van der Waals surface area contributed by atoms with Gasteiger partial charge in [0.1, 0.15) is 11.4 Å². The number of para-hydroxylation sites is 2. The summed E-state index contributed by atoms with van der Waals surface area (Å²) in [6, 6.07) is 16.2. The molecule has 20 heavy (non-hydrogen) atoms. The Morgan fingerprint density at radius 1 is 1.05 bits per heavy atom. The second-order valence-corrected chi connectivity index (χ2v) is 4.73. The van der Waals surface area contributed by atoms with Gasteiger partial charge in [-0.1, -0.05) is 30.3 Å². The Balaban J connectivity index is 1.98. The molecule has 2 N–H and O–H groups in total. The molecule has 0 aliphatic carbocycles. The molecule has 0 aliphatic heterocycles. The molecule has 4 aromatic rings. The van der Waals surface area contributed by atoms with E-state index < -0.39 is 0 Å². The third kappa shape index (κ3) is 1.51. The van der Waals surface area contributed by atoms with Crippen LogP contribution in [0, 0.1) is 0 Å². The minimum Gasteiger partial charge on any atom is -0.495 e. The van der Waals surface area contributed by atoms with Crippen LogP contribution >= 0.6 is 0 Å². The Bertz CT molecular complexity index is 904. The lowest BCUT2D eigenvalue weighted by molar-refractivity contribution is 0.419. The molecule has 0 saturated heterocycles. The third-order valence-corrected chi connectivity index (χ3v) is 3.56. The minimum absolute atomic E-state index is 0.841. The van der Waals surface area contributed by atoms with Crippen LogP contribution in [0.3, 0.4) is 0 Å². The molecule has 0 radical (unpaired) electrons. The molecule has 0 aliphatic rings. The van der Waals surface area contributed by atoms with Gasteiger partial charge in [-0.05, 0) is 18.2 Å². The van der Waals surface area contributed by atoms with E-state index in [4.69, 9.17) is 4.74 Å². The zero-order valence-electron chi connectivity index (χ0n) is 11.0. The first kappa shape index (κ1) is 11.1. The molecule has 0 bridgehead atoms. The van der Waals surface area contributed by atoms with E-state index >= 15 is 0 Å². The number of fused-ring (bicyclic) bond motifs is 2. The molecule has 2 aromatic heterocycles. The van der Waals surface area contributed by atoms with Gasteiger partial charge in [-0.15, -0.1) is 0 Å². The monoisotopic (exact) mass is 263 g/mol. The normalized spacial score (nSPS) is 11.2. The lowest BCUT2D eigenvalue weighted by atomic mass is 10.1. The average molecular weight is 263 g/mol. The average Bonchev–Trinajstić information content (AvgIpc) is 3.10. The zero-order valence-corrected chi connectivity index (χ0v) is 11.0. The SMILES string of the molecule is COc1cccc2cc(-c3n[nH]c4ccccc34)[nH]c12. The summed E-state index contributed by atoms with van der Waals surface area (Å²) in [5, 5.41) is 9.70. The fourth-order valence-corrected chi connectivity index (χ4v) is 2.59. The number of rotatable bonds is 2. The molecule has 0 fully saturated rings. The molecule has 0 spiro atoms. The van der Waals surface area contributed by atoms with Crippen LogP contribution in [-0.4, -0.2) is 22.3 Å². The Hall–Kier alpha value is -2.75. The highest BCUT2D eigenvalue weighted by atomic mass is 16.5. The fourth-order valence-electron chi connectivity index (χ4n) is 2.59. The van der Waals surface area contributed by atoms with Crippen molar-refractivity contribution in [1.82, 2.24) is 15.2 Å². The third-order valence-electron chi connectivity index (χ3n) is 3.56. The number of benzene rings is 2. The van der Waals surface area contributed by atoms with Gasteiger partial charge in [-0.2, -0.15) is 5.10 Å². The van der Waals surface area contributed by atoms with Gasteiger partial charge in [0.05, 0.1) is 23.8 Å². The molecule has 2 aromatic carbocycles. The van der Waals surface area contributed by atoms with Gasteiger partial charge >= 0.3 is 0 Å². The van der Waals surface area contributed by atoms with E-state index in [9.17, 15) is 0 Å². The number of methoxy groups -OCH3 is 1. The summed E-state index contributed by atoms with van der Waals surface area (Å²) in [5.41, 5.74) is 3.95. The van der Waals surface area contributed by atoms with Crippen molar-refractivity contribution >= 4 is 21.8 Å². The number of nitrogens with one attached hydrogen (secondary N) is 2. The van der Waals surface area contributed by atoms with Crippen molar-refractivity contribution in [3.63, 3.8) is 0 Å². The van der Waals surface area contributed by atoms with Crippen LogP contribution < -0.4 is 4.74 Å². The maximum Gasteiger partial charge on any atom is 0.142 e. The van der Waals surface area contributed by atoms with E-state index in [1.54, 1.807) is 7.11 Å². The molecule has 0 amide bonds. The van der Waals surface area contributed by atoms with Gasteiger partial charge in [-0.25, -0.2) is 0 Å². The predicted octanol–water partition coefficient (Wildman–Crippen LogP) is 3.72. The topological polar surface area (TPSA) is 53.7 Å². The largest absolute Gasteiger partial charge is 0.495 e. The number of hydrogen-bond acceptors (Lipinski definition) is 2. The summed E-state index contributed by atoms with van der Waals surface area (Å²) in [4.78, 5) is 3.40. The molecule has 98 valence electrons. The van der Waals surface area contributed by atoms with E-state index in [1.165, 1.54) is 0 Å². The number of aromatic nitrogens is 3. The predicted molar refractivity (Wildman–Crippen MR) is 79.9 cm³/mol. The number of hydrogen-bond donors (Lipinski definition) is 2. The highest BCUT2D eigenvalue weighted by Gasteiger charge is 2.12. The molecular weight excluding hydrogens is 250 g/mol. The summed E-state index contributed by atoms with van der Waals surface area (Å²) in [6.07, 6.45) is 0. The number of ether oxygens (including phenoxy) is 1. The van der Waals surface area contributed by atoms with E-state index in [1.807, 2.05) is 30.3 Å². The Labute approximate surface area is 115 Å². The Kier molecular flexibility index (Phi) is 2.29. The van der Waals surface area contributed by atoms with Crippen LogP contribution in [0.1, 0.15) is 0 Å². The first-order chi connectivity index (χ1) is 9.86. The molecule has 0 saturated carbocycles. The van der Waals surface area contributed by atoms with E-state index in [0.717, 1.165) is 38.9 Å². The first-order valence-electron chi connectivity index (χ1n) is 6.46. The van der Waals surface area contributed by atoms with E-state index in [-0.39, 0.29) is 0 Å². The molecule has 4 heteroatoms. The lowest BCUT2D eigenvalue weighted by Crippen LogP contribution is -1.83. The second kappa shape index (κ2) is 4.13. The second-order valence-electron chi connectivity index (χ2n) is 4.73. The van der Waals surface area contributed by atoms with Gasteiger partial charge in [0, 0.05) is 10.8 Å². The number of H-pyrrole nitrogens is 2. The zero-order chi connectivity index (χ0) is 13.5. The molecule has 4 nitrogen and oxygen atoms in total. The van der Waals surface area contributed by atoms with Crippen molar-refractivity contribution in [2.45, 2.75) is 0 Å². The molecule has 0 atom stereocenters. The number of nitrogens with zero attached hydrogens (tertiary/aromatic N) is 1. The maximum atomic E-state index is 5.39. The summed E-state index contributed by atoms with van der Waals surface area (Å²) in [5.74, 6) is 0.841. The summed E-state index contributed by atoms with van der Waals surface area (Å²) < 4.78 is 5.39. The minimum atomic E-state index is 0.841. The molecule has 4 rings (SSSR count). The summed E-state index contributed by atoms with van der Waals surface area (Å²) in [7, 11) is 1.68. The summed E-state index contributed by atoms with van der Waals surface area (Å²) >= 11 is 0. The van der Waals surface area contributed by atoms with Crippen LogP contribution in [0.4, 0.5) is 0 Å². The van der Waals surface area contributed by atoms with Gasteiger partial charge in [-0.3, -0.25) is 5.10 Å². The van der Waals surface area contributed by atoms with Crippen LogP contribution in [0.25, 0.3) is 33.2 Å². The lowest BCUT2D eigenvalue weighted by Gasteiger charge is -1.99. The van der Waals surface area contributed by atoms with Crippen LogP contribution in [-0.2, 0) is 0 Å². The van der Waals surface area contributed by atoms with Gasteiger partial charge in [0.25, 0.3) is 0 Å². The standard InChI is InChI=1S/C16H13N3O/c1-20-14-8-4-5-10-9-13(17-15(10)14)16-11-6-2-3-7-12(11)18-19-16/h2-9,17H,1H3,(H,18,19). The van der Waals surface area contributed by atoms with Crippen molar-refractivity contribution in [3.05, 3.63) is 48.5 Å². The van der Waals surface area contributed by atoms with E-state index in [0.29, 0.717) is 0 Å². The first-order valence-corrected chi connectivity index (χ1v) is 6.46. The maximum absolute atomic E-state index is 5.39. The van der Waals surface area contributed by atoms with Crippen LogP contribution in [0.2, 0.25) is 0 Å². The molecule has 0 unspecified atom stereocenters. The number of aromatic amines is 2. The van der Waals surface area contributed by atoms with Gasteiger partial charge in [0.15, 0.2) is 0 Å². The van der Waals surface area contributed by atoms with Crippen LogP contribution in [0.5, 0.6) is 5.75 Å². The highest BCUT2D eigenvalue weighted by Crippen LogP contribution is 2.31. The summed E-state index contributed by atoms with van der Waals surface area (Å²) in [6.45, 7) is 0. The smallest absolute Gasteiger partial charge is 0.142 e. The Morgan fingerprint density at radius 2 is 1.95 bits per heavy atom. The van der Waals surface area contributed by atoms with Crippen molar-refractivity contribution in [1.29, 1.82) is 0 Å². The highest BCUT2D eigenvalue weighted by molar-refractivity contribution is 5.96. The van der Waals surface area contributed by atoms with Gasteiger partial charge in [0.2, 0.25) is 0 Å². The van der Waals surface area contributed by atoms with Crippen molar-refractivity contribution in [2.24, 2.45) is 0 Å². The molecule has 2 heterocycles. The van der Waals surface area contributed by atoms with Crippen molar-refractivity contribution in [3.8, 4) is 17.1 Å². The van der Waals surface area contributed by atoms with Crippen molar-refractivity contribution in [2.75, 3.05) is 7.11 Å². The van der Waals surface area contributed by atoms with E-state index in [2.05, 4.69) is 33.4 Å². The van der Waals surface area contributed by atoms with Crippen molar-refractivity contribution < 1.29 is 4.74 Å². The fraction of sp³-hybridized carbons (Fsp3) is 0.0625. The quantitative estimate of drug-likeness (QED) is 0.579. The van der Waals surface area contributed by atoms with Gasteiger partial charge < -0.3 is 9.72 Å². The molecular formula is C16H13N3O. The van der Waals surface area contributed by atoms with Crippen LogP contribution in [0.15, 0.2) is 48.5 Å².